The number of benzene rings is 1. The number of aromatic nitrogens is 4. The fourth-order valence-electron chi connectivity index (χ4n) is 2.41. The van der Waals surface area contributed by atoms with Gasteiger partial charge in [0.15, 0.2) is 0 Å². The number of carbonyl (C=O) groups is 1. The monoisotopic (exact) mass is 303 g/mol. The molecule has 3 aromatic heterocycles. The SMILES string of the molecule is O=C(Nc1ccn2nccc2c1)c1cccc(-n2cccn2)c1. The van der Waals surface area contributed by atoms with Crippen LogP contribution in [0.25, 0.3) is 11.2 Å². The average Bonchev–Trinajstić information content (AvgIpc) is 3.26. The Morgan fingerprint density at radius 3 is 2.78 bits per heavy atom. The van der Waals surface area contributed by atoms with Crippen molar-refractivity contribution in [3.8, 4) is 5.69 Å². The molecule has 0 bridgehead atoms. The Labute approximate surface area is 132 Å². The van der Waals surface area contributed by atoms with Crippen molar-refractivity contribution in [3.63, 3.8) is 0 Å². The van der Waals surface area contributed by atoms with E-state index in [1.165, 1.54) is 0 Å². The summed E-state index contributed by atoms with van der Waals surface area (Å²) in [7, 11) is 0. The largest absolute Gasteiger partial charge is 0.322 e. The highest BCUT2D eigenvalue weighted by atomic mass is 16.1. The quantitative estimate of drug-likeness (QED) is 0.633. The molecule has 1 aromatic carbocycles. The molecular formula is C17H13N5O. The molecule has 3 heterocycles. The third-order valence-corrected chi connectivity index (χ3v) is 3.53. The molecule has 0 aliphatic rings. The van der Waals surface area contributed by atoms with Gasteiger partial charge >= 0.3 is 0 Å². The average molecular weight is 303 g/mol. The van der Waals surface area contributed by atoms with Crippen molar-refractivity contribution < 1.29 is 4.79 Å². The zero-order valence-electron chi connectivity index (χ0n) is 12.1. The molecule has 4 aromatic rings. The minimum atomic E-state index is -0.164. The maximum Gasteiger partial charge on any atom is 0.255 e. The smallest absolute Gasteiger partial charge is 0.255 e. The van der Waals surface area contributed by atoms with Crippen molar-refractivity contribution in [3.05, 3.63) is 78.9 Å². The Kier molecular flexibility index (Phi) is 3.12. The molecule has 4 rings (SSSR count). The highest BCUT2D eigenvalue weighted by molar-refractivity contribution is 6.04. The molecule has 0 unspecified atom stereocenters. The molecule has 0 radical (unpaired) electrons. The van der Waals surface area contributed by atoms with E-state index < -0.39 is 0 Å². The molecule has 0 spiro atoms. The van der Waals surface area contributed by atoms with Crippen molar-refractivity contribution in [2.75, 3.05) is 5.32 Å². The Morgan fingerprint density at radius 2 is 1.91 bits per heavy atom. The minimum absolute atomic E-state index is 0.164. The molecule has 0 atom stereocenters. The predicted octanol–water partition coefficient (Wildman–Crippen LogP) is 2.77. The normalized spacial score (nSPS) is 10.8. The topological polar surface area (TPSA) is 64.2 Å². The van der Waals surface area contributed by atoms with Crippen LogP contribution in [0.1, 0.15) is 10.4 Å². The summed E-state index contributed by atoms with van der Waals surface area (Å²) >= 11 is 0. The van der Waals surface area contributed by atoms with Crippen LogP contribution in [0.2, 0.25) is 0 Å². The van der Waals surface area contributed by atoms with Gasteiger partial charge in [-0.05, 0) is 42.5 Å². The van der Waals surface area contributed by atoms with E-state index in [0.29, 0.717) is 5.56 Å². The van der Waals surface area contributed by atoms with Crippen molar-refractivity contribution in [2.45, 2.75) is 0 Å². The van der Waals surface area contributed by atoms with Crippen molar-refractivity contribution in [1.82, 2.24) is 19.4 Å². The number of hydrogen-bond donors (Lipinski definition) is 1. The second-order valence-electron chi connectivity index (χ2n) is 5.07. The van der Waals surface area contributed by atoms with Crippen LogP contribution in [0.5, 0.6) is 0 Å². The van der Waals surface area contributed by atoms with E-state index in [1.54, 1.807) is 33.7 Å². The Hall–Kier alpha value is -3.41. The summed E-state index contributed by atoms with van der Waals surface area (Å²) in [4.78, 5) is 12.4. The first-order valence-electron chi connectivity index (χ1n) is 7.14. The lowest BCUT2D eigenvalue weighted by molar-refractivity contribution is 0.102. The summed E-state index contributed by atoms with van der Waals surface area (Å²) in [6.45, 7) is 0. The number of carbonyl (C=O) groups excluding carboxylic acids is 1. The standard InChI is InChI=1S/C17H13N5O/c23-17(20-14-6-10-22-16(12-14)5-8-19-22)13-3-1-4-15(11-13)21-9-2-7-18-21/h1-12H,(H,20,23). The fraction of sp³-hybridized carbons (Fsp3) is 0. The van der Waals surface area contributed by atoms with Gasteiger partial charge in [-0.25, -0.2) is 9.20 Å². The van der Waals surface area contributed by atoms with Gasteiger partial charge in [-0.1, -0.05) is 6.07 Å². The predicted molar refractivity (Wildman–Crippen MR) is 86.7 cm³/mol. The van der Waals surface area contributed by atoms with E-state index >= 15 is 0 Å². The van der Waals surface area contributed by atoms with Gasteiger partial charge in [-0.3, -0.25) is 4.79 Å². The Balaban J connectivity index is 1.60. The van der Waals surface area contributed by atoms with Gasteiger partial charge in [-0.15, -0.1) is 0 Å². The first kappa shape index (κ1) is 13.3. The molecule has 6 heteroatoms. The Bertz CT molecular complexity index is 972. The zero-order chi connectivity index (χ0) is 15.6. The van der Waals surface area contributed by atoms with Gasteiger partial charge in [0, 0.05) is 36.0 Å². The molecule has 0 aliphatic carbocycles. The van der Waals surface area contributed by atoms with Crippen LogP contribution in [-0.4, -0.2) is 25.3 Å². The lowest BCUT2D eigenvalue weighted by atomic mass is 10.2. The molecule has 0 saturated carbocycles. The number of pyridine rings is 1. The minimum Gasteiger partial charge on any atom is -0.322 e. The van der Waals surface area contributed by atoms with Gasteiger partial charge in [0.25, 0.3) is 5.91 Å². The lowest BCUT2D eigenvalue weighted by Crippen LogP contribution is -2.12. The molecule has 1 amide bonds. The maximum absolute atomic E-state index is 12.4. The summed E-state index contributed by atoms with van der Waals surface area (Å²) in [5.41, 5.74) is 3.07. The summed E-state index contributed by atoms with van der Waals surface area (Å²) in [6, 6.07) is 14.7. The van der Waals surface area contributed by atoms with Gasteiger partial charge in [0.1, 0.15) is 0 Å². The van der Waals surface area contributed by atoms with Crippen LogP contribution in [0, 0.1) is 0 Å². The summed E-state index contributed by atoms with van der Waals surface area (Å²) in [6.07, 6.45) is 7.07. The number of anilines is 1. The number of amides is 1. The van der Waals surface area contributed by atoms with Gasteiger partial charge < -0.3 is 5.32 Å². The van der Waals surface area contributed by atoms with Crippen LogP contribution >= 0.6 is 0 Å². The van der Waals surface area contributed by atoms with Gasteiger partial charge in [-0.2, -0.15) is 10.2 Å². The summed E-state index contributed by atoms with van der Waals surface area (Å²) in [5, 5.41) is 11.2. The van der Waals surface area contributed by atoms with E-state index in [2.05, 4.69) is 15.5 Å². The van der Waals surface area contributed by atoms with Crippen molar-refractivity contribution in [2.24, 2.45) is 0 Å². The zero-order valence-corrected chi connectivity index (χ0v) is 12.1. The van der Waals surface area contributed by atoms with Gasteiger partial charge in [0.05, 0.1) is 11.2 Å². The molecule has 112 valence electrons. The first-order valence-corrected chi connectivity index (χ1v) is 7.14. The molecule has 0 fully saturated rings. The third kappa shape index (κ3) is 2.57. The second kappa shape index (κ2) is 5.42. The van der Waals surface area contributed by atoms with E-state index in [0.717, 1.165) is 16.9 Å². The molecule has 0 aliphatic heterocycles. The number of fused-ring (bicyclic) bond motifs is 1. The van der Waals surface area contributed by atoms with Crippen LogP contribution in [0.4, 0.5) is 5.69 Å². The highest BCUT2D eigenvalue weighted by Crippen LogP contribution is 2.15. The van der Waals surface area contributed by atoms with Crippen LogP contribution in [0.3, 0.4) is 0 Å². The third-order valence-electron chi connectivity index (χ3n) is 3.53. The van der Waals surface area contributed by atoms with E-state index in [-0.39, 0.29) is 5.91 Å². The van der Waals surface area contributed by atoms with Crippen LogP contribution in [-0.2, 0) is 0 Å². The Morgan fingerprint density at radius 1 is 0.957 bits per heavy atom. The second-order valence-corrected chi connectivity index (χ2v) is 5.07. The van der Waals surface area contributed by atoms with Crippen molar-refractivity contribution >= 4 is 17.1 Å². The van der Waals surface area contributed by atoms with E-state index in [4.69, 9.17) is 0 Å². The first-order chi connectivity index (χ1) is 11.3. The van der Waals surface area contributed by atoms with E-state index in [9.17, 15) is 4.79 Å². The molecular weight excluding hydrogens is 290 g/mol. The van der Waals surface area contributed by atoms with Crippen molar-refractivity contribution in [1.29, 1.82) is 0 Å². The van der Waals surface area contributed by atoms with Gasteiger partial charge in [0.2, 0.25) is 0 Å². The molecule has 6 nitrogen and oxygen atoms in total. The fourth-order valence-corrected chi connectivity index (χ4v) is 2.41. The van der Waals surface area contributed by atoms with Crippen LogP contribution in [0.15, 0.2) is 73.3 Å². The number of hydrogen-bond acceptors (Lipinski definition) is 3. The maximum atomic E-state index is 12.4. The summed E-state index contributed by atoms with van der Waals surface area (Å²) < 4.78 is 3.46. The van der Waals surface area contributed by atoms with Crippen LogP contribution < -0.4 is 5.32 Å². The molecule has 23 heavy (non-hydrogen) atoms. The summed E-state index contributed by atoms with van der Waals surface area (Å²) in [5.74, 6) is -0.164. The lowest BCUT2D eigenvalue weighted by Gasteiger charge is -2.07. The number of rotatable bonds is 3. The number of nitrogens with one attached hydrogen (secondary N) is 1. The molecule has 1 N–H and O–H groups in total. The van der Waals surface area contributed by atoms with E-state index in [1.807, 2.05) is 48.8 Å². The highest BCUT2D eigenvalue weighted by Gasteiger charge is 2.08. The molecule has 0 saturated heterocycles. The number of nitrogens with zero attached hydrogens (tertiary/aromatic N) is 4.